The van der Waals surface area contributed by atoms with Crippen LogP contribution < -0.4 is 5.32 Å². The van der Waals surface area contributed by atoms with E-state index in [0.29, 0.717) is 17.2 Å². The Bertz CT molecular complexity index is 787. The summed E-state index contributed by atoms with van der Waals surface area (Å²) in [6.45, 7) is 2.11. The van der Waals surface area contributed by atoms with Crippen molar-refractivity contribution in [3.05, 3.63) is 53.2 Å². The van der Waals surface area contributed by atoms with E-state index in [4.69, 9.17) is 9.47 Å². The SMILES string of the molecule is COCCOC(=O)C1=C(C)Nc2ncnn2C1c1ccccc1F. The van der Waals surface area contributed by atoms with Gasteiger partial charge in [-0.3, -0.25) is 0 Å². The zero-order valence-corrected chi connectivity index (χ0v) is 13.3. The number of carbonyl (C=O) groups excluding carboxylic acids is 1. The molecule has 1 aliphatic rings. The predicted molar refractivity (Wildman–Crippen MR) is 83.7 cm³/mol. The Morgan fingerprint density at radius 2 is 2.17 bits per heavy atom. The third-order valence-corrected chi connectivity index (χ3v) is 3.73. The van der Waals surface area contributed by atoms with Crippen LogP contribution in [0.2, 0.25) is 0 Å². The first-order chi connectivity index (χ1) is 11.6. The minimum absolute atomic E-state index is 0.111. The van der Waals surface area contributed by atoms with Crippen molar-refractivity contribution in [1.82, 2.24) is 14.8 Å². The summed E-state index contributed by atoms with van der Waals surface area (Å²) < 4.78 is 26.0. The van der Waals surface area contributed by atoms with E-state index >= 15 is 0 Å². The Morgan fingerprint density at radius 3 is 2.92 bits per heavy atom. The molecule has 0 saturated carbocycles. The lowest BCUT2D eigenvalue weighted by Crippen LogP contribution is -2.30. The number of aromatic nitrogens is 3. The smallest absolute Gasteiger partial charge is 0.338 e. The van der Waals surface area contributed by atoms with Crippen LogP contribution in [0.25, 0.3) is 0 Å². The maximum atomic E-state index is 14.4. The third kappa shape index (κ3) is 2.88. The average molecular weight is 332 g/mol. The molecule has 0 fully saturated rings. The van der Waals surface area contributed by atoms with Crippen LogP contribution in [-0.4, -0.2) is 41.1 Å². The van der Waals surface area contributed by atoms with E-state index in [1.807, 2.05) is 0 Å². The van der Waals surface area contributed by atoms with Gasteiger partial charge in [0.25, 0.3) is 0 Å². The number of nitrogens with one attached hydrogen (secondary N) is 1. The molecular weight excluding hydrogens is 315 g/mol. The number of rotatable bonds is 5. The number of halogens is 1. The Balaban J connectivity index is 2.04. The van der Waals surface area contributed by atoms with Crippen LogP contribution in [0.1, 0.15) is 18.5 Å². The van der Waals surface area contributed by atoms with Gasteiger partial charge in [0.2, 0.25) is 5.95 Å². The summed E-state index contributed by atoms with van der Waals surface area (Å²) in [5.41, 5.74) is 1.16. The summed E-state index contributed by atoms with van der Waals surface area (Å²) in [4.78, 5) is 16.6. The number of allylic oxidation sites excluding steroid dienone is 1. The topological polar surface area (TPSA) is 78.3 Å². The van der Waals surface area contributed by atoms with E-state index < -0.39 is 17.8 Å². The molecule has 8 heteroatoms. The molecule has 0 spiro atoms. The van der Waals surface area contributed by atoms with E-state index in [0.717, 1.165) is 0 Å². The number of carbonyl (C=O) groups is 1. The second-order valence-electron chi connectivity index (χ2n) is 5.24. The number of hydrogen-bond acceptors (Lipinski definition) is 6. The fourth-order valence-corrected chi connectivity index (χ4v) is 2.64. The molecule has 1 aromatic heterocycles. The first kappa shape index (κ1) is 16.1. The van der Waals surface area contributed by atoms with Crippen LogP contribution >= 0.6 is 0 Å². The zero-order valence-electron chi connectivity index (χ0n) is 13.3. The van der Waals surface area contributed by atoms with Gasteiger partial charge in [0, 0.05) is 18.4 Å². The molecule has 1 atom stereocenters. The molecule has 3 rings (SSSR count). The first-order valence-corrected chi connectivity index (χ1v) is 7.41. The Kier molecular flexibility index (Phi) is 4.57. The van der Waals surface area contributed by atoms with Gasteiger partial charge >= 0.3 is 5.97 Å². The highest BCUT2D eigenvalue weighted by molar-refractivity contribution is 5.92. The summed E-state index contributed by atoms with van der Waals surface area (Å²) in [7, 11) is 1.52. The number of anilines is 1. The molecule has 0 amide bonds. The van der Waals surface area contributed by atoms with Crippen LogP contribution in [0.5, 0.6) is 0 Å². The minimum atomic E-state index is -0.750. The van der Waals surface area contributed by atoms with Gasteiger partial charge in [-0.25, -0.2) is 13.9 Å². The number of esters is 1. The number of ether oxygens (including phenoxy) is 2. The fourth-order valence-electron chi connectivity index (χ4n) is 2.64. The highest BCUT2D eigenvalue weighted by atomic mass is 19.1. The van der Waals surface area contributed by atoms with Gasteiger partial charge in [0.05, 0.1) is 12.2 Å². The van der Waals surface area contributed by atoms with Gasteiger partial charge in [-0.2, -0.15) is 10.1 Å². The van der Waals surface area contributed by atoms with Gasteiger partial charge in [0.1, 0.15) is 24.8 Å². The molecule has 126 valence electrons. The summed E-state index contributed by atoms with van der Waals surface area (Å²) >= 11 is 0. The lowest BCUT2D eigenvalue weighted by atomic mass is 9.95. The number of methoxy groups -OCH3 is 1. The molecule has 1 aliphatic heterocycles. The van der Waals surface area contributed by atoms with Crippen molar-refractivity contribution in [2.24, 2.45) is 0 Å². The van der Waals surface area contributed by atoms with Crippen molar-refractivity contribution in [3.8, 4) is 0 Å². The number of benzene rings is 1. The highest BCUT2D eigenvalue weighted by Crippen LogP contribution is 2.36. The van der Waals surface area contributed by atoms with Crippen LogP contribution in [0.3, 0.4) is 0 Å². The number of fused-ring (bicyclic) bond motifs is 1. The standard InChI is InChI=1S/C16H17FN4O3/c1-10-13(15(22)24-8-7-23-2)14(11-5-3-4-6-12(11)17)21-16(20-10)18-9-19-21/h3-6,9,14H,7-8H2,1-2H3,(H,18,19,20). The second kappa shape index (κ2) is 6.79. The molecule has 7 nitrogen and oxygen atoms in total. The molecule has 2 heterocycles. The van der Waals surface area contributed by atoms with Crippen LogP contribution in [0, 0.1) is 5.82 Å². The average Bonchev–Trinajstić information content (AvgIpc) is 3.02. The van der Waals surface area contributed by atoms with E-state index in [9.17, 15) is 9.18 Å². The molecule has 0 aliphatic carbocycles. The van der Waals surface area contributed by atoms with Crippen LogP contribution in [0.15, 0.2) is 41.9 Å². The van der Waals surface area contributed by atoms with Crippen molar-refractivity contribution in [1.29, 1.82) is 0 Å². The largest absolute Gasteiger partial charge is 0.460 e. The molecule has 1 N–H and O–H groups in total. The van der Waals surface area contributed by atoms with Crippen molar-refractivity contribution in [2.45, 2.75) is 13.0 Å². The van der Waals surface area contributed by atoms with Crippen molar-refractivity contribution in [2.75, 3.05) is 25.6 Å². The number of hydrogen-bond donors (Lipinski definition) is 1. The Morgan fingerprint density at radius 1 is 1.38 bits per heavy atom. The molecule has 1 aromatic carbocycles. The number of nitrogens with zero attached hydrogens (tertiary/aromatic N) is 3. The first-order valence-electron chi connectivity index (χ1n) is 7.41. The van der Waals surface area contributed by atoms with Crippen LogP contribution in [-0.2, 0) is 14.3 Å². The molecule has 0 bridgehead atoms. The van der Waals surface area contributed by atoms with Gasteiger partial charge < -0.3 is 14.8 Å². The lowest BCUT2D eigenvalue weighted by molar-refractivity contribution is -0.140. The normalized spacial score (nSPS) is 16.5. The highest BCUT2D eigenvalue weighted by Gasteiger charge is 2.35. The molecule has 0 radical (unpaired) electrons. The van der Waals surface area contributed by atoms with E-state index in [2.05, 4.69) is 15.4 Å². The predicted octanol–water partition coefficient (Wildman–Crippen LogP) is 1.90. The summed E-state index contributed by atoms with van der Waals surface area (Å²) in [6.07, 6.45) is 1.35. The Labute approximate surface area is 138 Å². The second-order valence-corrected chi connectivity index (χ2v) is 5.24. The van der Waals surface area contributed by atoms with E-state index in [1.165, 1.54) is 24.2 Å². The monoisotopic (exact) mass is 332 g/mol. The maximum Gasteiger partial charge on any atom is 0.338 e. The van der Waals surface area contributed by atoms with Gasteiger partial charge in [-0.1, -0.05) is 18.2 Å². The minimum Gasteiger partial charge on any atom is -0.460 e. The third-order valence-electron chi connectivity index (χ3n) is 3.73. The molecule has 1 unspecified atom stereocenters. The summed E-state index contributed by atoms with van der Waals surface area (Å²) in [6, 6.07) is 5.51. The van der Waals surface area contributed by atoms with E-state index in [1.54, 1.807) is 25.1 Å². The summed E-state index contributed by atoms with van der Waals surface area (Å²) in [5, 5.41) is 7.12. The van der Waals surface area contributed by atoms with Gasteiger partial charge in [-0.15, -0.1) is 0 Å². The van der Waals surface area contributed by atoms with Crippen LogP contribution in [0.4, 0.5) is 10.3 Å². The quantitative estimate of drug-likeness (QED) is 0.665. The maximum absolute atomic E-state index is 14.4. The van der Waals surface area contributed by atoms with E-state index in [-0.39, 0.29) is 18.8 Å². The van der Waals surface area contributed by atoms with Crippen molar-refractivity contribution in [3.63, 3.8) is 0 Å². The van der Waals surface area contributed by atoms with Crippen molar-refractivity contribution < 1.29 is 18.7 Å². The van der Waals surface area contributed by atoms with Crippen molar-refractivity contribution >= 4 is 11.9 Å². The molecule has 0 saturated heterocycles. The summed E-state index contributed by atoms with van der Waals surface area (Å²) in [5.74, 6) is -0.540. The fraction of sp³-hybridized carbons (Fsp3) is 0.312. The molecule has 24 heavy (non-hydrogen) atoms. The van der Waals surface area contributed by atoms with Gasteiger partial charge in [0.15, 0.2) is 0 Å². The van der Waals surface area contributed by atoms with Gasteiger partial charge in [-0.05, 0) is 13.0 Å². The Hall–Kier alpha value is -2.74. The lowest BCUT2D eigenvalue weighted by Gasteiger charge is -2.28. The molecule has 2 aromatic rings. The molecular formula is C16H17FN4O3. The zero-order chi connectivity index (χ0) is 17.1.